The predicted molar refractivity (Wildman–Crippen MR) is 37.4 cm³/mol. The van der Waals surface area contributed by atoms with E-state index in [4.69, 9.17) is 5.73 Å². The molecule has 0 saturated heterocycles. The Balaban J connectivity index is -0.000000320. The van der Waals surface area contributed by atoms with Gasteiger partial charge in [0.05, 0.1) is 0 Å². The molecule has 0 heterocycles. The van der Waals surface area contributed by atoms with Crippen molar-refractivity contribution in [1.29, 1.82) is 0 Å². The van der Waals surface area contributed by atoms with Crippen LogP contribution < -0.4 is 40.8 Å². The maximum absolute atomic E-state index is 10.3. The minimum absolute atomic E-state index is 0. The Kier molecular flexibility index (Phi) is 9.31. The maximum Gasteiger partial charge on any atom is 1.00 e. The maximum atomic E-state index is 10.3. The Hall–Kier alpha value is 0.160. The first kappa shape index (κ1) is 12.8. The Bertz CT molecular complexity index is 135. The van der Waals surface area contributed by atoms with Crippen molar-refractivity contribution in [2.45, 2.75) is 13.3 Å². The van der Waals surface area contributed by atoms with Gasteiger partial charge >= 0.3 is 35.5 Å². The molecule has 0 saturated carbocycles. The molecule has 0 aromatic rings. The van der Waals surface area contributed by atoms with E-state index in [2.05, 4.69) is 22.5 Å². The van der Waals surface area contributed by atoms with Crippen molar-refractivity contribution in [3.63, 3.8) is 0 Å². The molecule has 0 unspecified atom stereocenters. The van der Waals surface area contributed by atoms with Gasteiger partial charge in [0.25, 0.3) is 0 Å². The summed E-state index contributed by atoms with van der Waals surface area (Å²) in [5.74, 6) is -0.386. The van der Waals surface area contributed by atoms with E-state index in [1.807, 2.05) is 0 Å². The zero-order valence-electron chi connectivity index (χ0n) is 7.01. The fourth-order valence-electron chi connectivity index (χ4n) is 0.179. The molecule has 0 fully saturated rings. The van der Waals surface area contributed by atoms with Gasteiger partial charge in [0.15, 0.2) is 5.11 Å². The molecule has 0 aliphatic carbocycles. The van der Waals surface area contributed by atoms with Gasteiger partial charge in [-0.15, -0.1) is 0 Å². The molecule has 0 rings (SSSR count). The number of nitrogens with two attached hydrogens (primary N) is 1. The average Bonchev–Trinajstić information content (AvgIpc) is 1.83. The van der Waals surface area contributed by atoms with E-state index in [1.165, 1.54) is 0 Å². The summed E-state index contributed by atoms with van der Waals surface area (Å²) < 4.78 is 0. The predicted octanol–water partition coefficient (Wildman–Crippen LogP) is -3.20. The Morgan fingerprint density at radius 1 is 1.90 bits per heavy atom. The number of nitrogens with one attached hydrogen (secondary N) is 1. The summed E-state index contributed by atoms with van der Waals surface area (Å²) in [6.45, 7) is 1.67. The molecule has 4 nitrogen and oxygen atoms in total. The summed E-state index contributed by atoms with van der Waals surface area (Å²) in [7, 11) is 0. The normalized spacial score (nSPS) is 7.30. The monoisotopic (exact) mass is 172 g/mol. The third-order valence-electron chi connectivity index (χ3n) is 0.554. The minimum atomic E-state index is -0.386. The van der Waals surface area contributed by atoms with Gasteiger partial charge in [0.2, 0.25) is 0 Å². The average molecular weight is 172 g/mol. The first-order valence-corrected chi connectivity index (χ1v) is 2.82. The van der Waals surface area contributed by atoms with Crippen LogP contribution in [0.4, 0.5) is 0 Å². The van der Waals surface area contributed by atoms with Gasteiger partial charge in [-0.1, -0.05) is 6.92 Å². The smallest absolute Gasteiger partial charge is 1.00 e. The summed E-state index contributed by atoms with van der Waals surface area (Å²) >= 11 is 4.35. The van der Waals surface area contributed by atoms with Crippen LogP contribution in [0.15, 0.2) is 0 Å². The number of hydrogen-bond acceptors (Lipinski definition) is 3. The van der Waals surface area contributed by atoms with Crippen LogP contribution in [-0.4, -0.2) is 11.1 Å². The van der Waals surface area contributed by atoms with Crippen LogP contribution in [0.5, 0.6) is 0 Å². The Labute approximate surface area is 88.2 Å². The van der Waals surface area contributed by atoms with Crippen LogP contribution in [0.1, 0.15) is 14.8 Å². The van der Waals surface area contributed by atoms with Crippen LogP contribution >= 0.6 is 12.2 Å². The second-order valence-corrected chi connectivity index (χ2v) is 1.73. The van der Waals surface area contributed by atoms with E-state index in [-0.39, 0.29) is 42.1 Å². The van der Waals surface area contributed by atoms with Crippen molar-refractivity contribution in [2.75, 3.05) is 0 Å². The quantitative estimate of drug-likeness (QED) is 0.248. The first-order valence-electron chi connectivity index (χ1n) is 2.42. The van der Waals surface area contributed by atoms with Crippen LogP contribution in [0.3, 0.4) is 0 Å². The molecule has 0 amide bonds. The zero-order chi connectivity index (χ0) is 7.28. The topological polar surface area (TPSA) is 64.3 Å². The Morgan fingerprint density at radius 2 is 2.40 bits per heavy atom. The molecule has 0 bridgehead atoms. The number of carbonyl (C=O) groups excluding carboxylic acids is 1. The van der Waals surface area contributed by atoms with E-state index in [0.29, 0.717) is 6.42 Å². The fraction of sp³-hybridized carbons (Fsp3) is 0.500. The van der Waals surface area contributed by atoms with Gasteiger partial charge in [-0.05, 0) is 12.2 Å². The molecule has 0 spiro atoms. The molecular weight excluding hydrogens is 163 g/mol. The molecular formula is C4H9N2NaO2S. The number of rotatable bonds is 1. The van der Waals surface area contributed by atoms with E-state index < -0.39 is 0 Å². The first-order chi connectivity index (χ1) is 4.16. The van der Waals surface area contributed by atoms with Crippen molar-refractivity contribution >= 4 is 23.3 Å². The van der Waals surface area contributed by atoms with Gasteiger partial charge in [0, 0.05) is 6.42 Å². The van der Waals surface area contributed by atoms with Gasteiger partial charge < -0.3 is 12.0 Å². The third kappa shape index (κ3) is 8.16. The second-order valence-electron chi connectivity index (χ2n) is 1.29. The van der Waals surface area contributed by atoms with Crippen molar-refractivity contribution in [3.05, 3.63) is 0 Å². The summed E-state index contributed by atoms with van der Waals surface area (Å²) in [5, 5.41) is -0.0446. The standard InChI is InChI=1S/C4H8N2O2S.Na.H/c1-2-3(7)8-6-4(5)9;;/h2H2,1H3,(H3,5,6,9);;/q;+1;-1. The number of carbonyl (C=O) groups is 1. The van der Waals surface area contributed by atoms with E-state index in [9.17, 15) is 4.79 Å². The molecule has 0 aliphatic rings. The molecule has 0 atom stereocenters. The van der Waals surface area contributed by atoms with Crippen LogP contribution in [0, 0.1) is 0 Å². The summed E-state index contributed by atoms with van der Waals surface area (Å²) in [5.41, 5.74) is 6.99. The largest absolute Gasteiger partial charge is 1.00 e. The molecule has 0 aromatic heterocycles. The Morgan fingerprint density at radius 3 is 2.70 bits per heavy atom. The summed E-state index contributed by atoms with van der Waals surface area (Å²) in [6.07, 6.45) is 0.301. The van der Waals surface area contributed by atoms with Crippen molar-refractivity contribution < 1.29 is 40.6 Å². The van der Waals surface area contributed by atoms with E-state index >= 15 is 0 Å². The summed E-state index contributed by atoms with van der Waals surface area (Å²) in [6, 6.07) is 0. The van der Waals surface area contributed by atoms with Gasteiger partial charge in [-0.25, -0.2) is 4.79 Å². The number of hydroxylamine groups is 1. The van der Waals surface area contributed by atoms with Crippen molar-refractivity contribution in [2.24, 2.45) is 5.73 Å². The molecule has 3 N–H and O–H groups in total. The zero-order valence-corrected chi connectivity index (χ0v) is 8.83. The molecule has 0 radical (unpaired) electrons. The van der Waals surface area contributed by atoms with Crippen LogP contribution in [0.2, 0.25) is 0 Å². The van der Waals surface area contributed by atoms with Gasteiger partial charge in [-0.2, -0.15) is 5.48 Å². The second kappa shape index (κ2) is 7.27. The molecule has 0 aromatic carbocycles. The van der Waals surface area contributed by atoms with Crippen molar-refractivity contribution in [1.82, 2.24) is 5.48 Å². The van der Waals surface area contributed by atoms with Crippen molar-refractivity contribution in [3.8, 4) is 0 Å². The van der Waals surface area contributed by atoms with Gasteiger partial charge in [0.1, 0.15) is 0 Å². The van der Waals surface area contributed by atoms with E-state index in [1.54, 1.807) is 6.92 Å². The third-order valence-corrected chi connectivity index (χ3v) is 0.637. The molecule has 54 valence electrons. The van der Waals surface area contributed by atoms with Crippen LogP contribution in [-0.2, 0) is 9.63 Å². The summed E-state index contributed by atoms with van der Waals surface area (Å²) in [4.78, 5) is 14.6. The molecule has 0 aliphatic heterocycles. The number of hydrogen-bond donors (Lipinski definition) is 2. The molecule has 10 heavy (non-hydrogen) atoms. The van der Waals surface area contributed by atoms with Crippen LogP contribution in [0.25, 0.3) is 0 Å². The fourth-order valence-corrected chi connectivity index (χ4v) is 0.221. The van der Waals surface area contributed by atoms with E-state index in [0.717, 1.165) is 0 Å². The SMILES string of the molecule is CCC(=O)ONC(N)=S.[H-].[Na+]. The minimum Gasteiger partial charge on any atom is -1.00 e. The molecule has 6 heteroatoms. The number of thiocarbonyl (C=S) groups is 1. The van der Waals surface area contributed by atoms with Gasteiger partial charge in [-0.3, -0.25) is 0 Å².